The third-order valence-corrected chi connectivity index (χ3v) is 3.01. The van der Waals surface area contributed by atoms with Crippen molar-refractivity contribution in [3.05, 3.63) is 35.9 Å². The van der Waals surface area contributed by atoms with E-state index in [1.165, 1.54) is 11.3 Å². The van der Waals surface area contributed by atoms with Gasteiger partial charge in [-0.1, -0.05) is 44.2 Å². The van der Waals surface area contributed by atoms with Crippen LogP contribution in [0.4, 0.5) is 0 Å². The average molecular weight is 240 g/mol. The second-order valence-corrected chi connectivity index (χ2v) is 4.19. The molecule has 0 saturated carbocycles. The summed E-state index contributed by atoms with van der Waals surface area (Å²) >= 11 is 1.98. The summed E-state index contributed by atoms with van der Waals surface area (Å²) in [5, 5.41) is 0. The molecule has 0 aliphatic carbocycles. The van der Waals surface area contributed by atoms with Gasteiger partial charge >= 0.3 is 0 Å². The highest BCUT2D eigenvalue weighted by atomic mass is 32.2. The summed E-state index contributed by atoms with van der Waals surface area (Å²) in [4.78, 5) is 0. The van der Waals surface area contributed by atoms with Crippen molar-refractivity contribution in [1.82, 2.24) is 0 Å². The van der Waals surface area contributed by atoms with E-state index in [9.17, 15) is 0 Å². The first-order valence-electron chi connectivity index (χ1n) is 6.13. The van der Waals surface area contributed by atoms with Gasteiger partial charge in [-0.3, -0.25) is 0 Å². The van der Waals surface area contributed by atoms with Crippen molar-refractivity contribution in [2.45, 2.75) is 32.9 Å². The van der Waals surface area contributed by atoms with Crippen LogP contribution in [0.2, 0.25) is 0 Å². The van der Waals surface area contributed by atoms with Gasteiger partial charge in [-0.05, 0) is 24.7 Å². The van der Waals surface area contributed by atoms with Gasteiger partial charge in [-0.25, -0.2) is 0 Å². The fourth-order valence-corrected chi connectivity index (χ4v) is 2.07. The monoisotopic (exact) mass is 240 g/mol. The van der Waals surface area contributed by atoms with E-state index < -0.39 is 0 Å². The molecule has 0 fully saturated rings. The topological polar surface area (TPSA) is 9.23 Å². The molecule has 0 saturated heterocycles. The van der Waals surface area contributed by atoms with Crippen LogP contribution in [-0.2, 0) is 10.5 Å². The third-order valence-electron chi connectivity index (χ3n) is 1.89. The van der Waals surface area contributed by atoms with E-state index >= 15 is 0 Å². The van der Waals surface area contributed by atoms with Crippen LogP contribution in [-0.4, -0.2) is 19.0 Å². The minimum absolute atomic E-state index is 0.837. The minimum Gasteiger partial charge on any atom is -0.382 e. The van der Waals surface area contributed by atoms with Gasteiger partial charge in [0.15, 0.2) is 0 Å². The molecule has 0 bridgehead atoms. The van der Waals surface area contributed by atoms with E-state index in [-0.39, 0.29) is 0 Å². The van der Waals surface area contributed by atoms with Crippen molar-refractivity contribution in [2.24, 2.45) is 0 Å². The normalized spacial score (nSPS) is 9.44. The Morgan fingerprint density at radius 1 is 1.12 bits per heavy atom. The quantitative estimate of drug-likeness (QED) is 0.654. The van der Waals surface area contributed by atoms with E-state index in [2.05, 4.69) is 30.3 Å². The van der Waals surface area contributed by atoms with Crippen LogP contribution < -0.4 is 0 Å². The highest BCUT2D eigenvalue weighted by Crippen LogP contribution is 2.12. The van der Waals surface area contributed by atoms with Gasteiger partial charge in [0, 0.05) is 19.0 Å². The molecular formula is C14H24OS. The number of thioether (sulfide) groups is 1. The predicted molar refractivity (Wildman–Crippen MR) is 75.1 cm³/mol. The minimum atomic E-state index is 0.837. The molecule has 0 heterocycles. The highest BCUT2D eigenvalue weighted by molar-refractivity contribution is 7.98. The first kappa shape index (κ1) is 15.5. The van der Waals surface area contributed by atoms with Crippen molar-refractivity contribution >= 4 is 11.8 Å². The average Bonchev–Trinajstić information content (AvgIpc) is 2.37. The molecule has 0 aliphatic heterocycles. The summed E-state index contributed by atoms with van der Waals surface area (Å²) in [7, 11) is 0. The summed E-state index contributed by atoms with van der Waals surface area (Å²) in [6.45, 7) is 7.78. The van der Waals surface area contributed by atoms with Crippen molar-refractivity contribution in [3.63, 3.8) is 0 Å². The van der Waals surface area contributed by atoms with Crippen molar-refractivity contribution in [2.75, 3.05) is 19.0 Å². The van der Waals surface area contributed by atoms with Gasteiger partial charge in [0.1, 0.15) is 0 Å². The number of ether oxygens (including phenoxy) is 1. The van der Waals surface area contributed by atoms with Gasteiger partial charge in [0.25, 0.3) is 0 Å². The van der Waals surface area contributed by atoms with Crippen LogP contribution in [0.5, 0.6) is 0 Å². The Morgan fingerprint density at radius 2 is 1.81 bits per heavy atom. The molecule has 0 amide bonds. The molecule has 16 heavy (non-hydrogen) atoms. The summed E-state index contributed by atoms with van der Waals surface area (Å²) in [6, 6.07) is 10.6. The Hall–Kier alpha value is -0.470. The van der Waals surface area contributed by atoms with E-state index in [4.69, 9.17) is 4.74 Å². The Labute approximate surface area is 105 Å². The Morgan fingerprint density at radius 3 is 2.44 bits per heavy atom. The smallest absolute Gasteiger partial charge is 0.0473 e. The molecule has 0 atom stereocenters. The van der Waals surface area contributed by atoms with Crippen LogP contribution in [0, 0.1) is 0 Å². The molecule has 0 aliphatic rings. The van der Waals surface area contributed by atoms with Crippen LogP contribution in [0.15, 0.2) is 30.3 Å². The standard InChI is InChI=1S/C12H18OS.C2H6/c1-2-13-9-6-10-14-11-12-7-4-3-5-8-12;1-2/h3-5,7-8H,2,6,9-11H2,1H3;1-2H3. The molecule has 1 aromatic carbocycles. The lowest BCUT2D eigenvalue weighted by Gasteiger charge is -2.02. The molecular weight excluding hydrogens is 216 g/mol. The van der Waals surface area contributed by atoms with Gasteiger partial charge in [-0.2, -0.15) is 11.8 Å². The fraction of sp³-hybridized carbons (Fsp3) is 0.571. The van der Waals surface area contributed by atoms with Gasteiger partial charge in [-0.15, -0.1) is 0 Å². The summed E-state index contributed by atoms with van der Waals surface area (Å²) in [5.74, 6) is 2.31. The lowest BCUT2D eigenvalue weighted by molar-refractivity contribution is 0.149. The lowest BCUT2D eigenvalue weighted by Crippen LogP contribution is -1.94. The van der Waals surface area contributed by atoms with E-state index in [0.29, 0.717) is 0 Å². The summed E-state index contributed by atoms with van der Waals surface area (Å²) in [5.41, 5.74) is 1.41. The number of hydrogen-bond donors (Lipinski definition) is 0. The molecule has 0 radical (unpaired) electrons. The maximum atomic E-state index is 5.27. The van der Waals surface area contributed by atoms with Crippen molar-refractivity contribution in [1.29, 1.82) is 0 Å². The zero-order chi connectivity index (χ0) is 12.1. The van der Waals surface area contributed by atoms with Gasteiger partial charge in [0.2, 0.25) is 0 Å². The zero-order valence-corrected chi connectivity index (χ0v) is 11.6. The first-order valence-corrected chi connectivity index (χ1v) is 7.28. The van der Waals surface area contributed by atoms with E-state index in [1.54, 1.807) is 0 Å². The molecule has 0 unspecified atom stereocenters. The van der Waals surface area contributed by atoms with Crippen LogP contribution in [0.3, 0.4) is 0 Å². The second kappa shape index (κ2) is 12.6. The van der Waals surface area contributed by atoms with E-state index in [1.807, 2.05) is 32.5 Å². The molecule has 92 valence electrons. The van der Waals surface area contributed by atoms with Gasteiger partial charge in [0.05, 0.1) is 0 Å². The SMILES string of the molecule is CC.CCOCCCSCc1ccccc1. The summed E-state index contributed by atoms with van der Waals surface area (Å²) < 4.78 is 5.27. The maximum absolute atomic E-state index is 5.27. The Bertz CT molecular complexity index is 223. The third kappa shape index (κ3) is 8.81. The second-order valence-electron chi connectivity index (χ2n) is 3.09. The van der Waals surface area contributed by atoms with Crippen molar-refractivity contribution < 1.29 is 4.74 Å². The number of benzene rings is 1. The van der Waals surface area contributed by atoms with Crippen LogP contribution in [0.25, 0.3) is 0 Å². The lowest BCUT2D eigenvalue weighted by atomic mass is 10.2. The van der Waals surface area contributed by atoms with Crippen LogP contribution in [0.1, 0.15) is 32.8 Å². The van der Waals surface area contributed by atoms with Crippen molar-refractivity contribution in [3.8, 4) is 0 Å². The van der Waals surface area contributed by atoms with Gasteiger partial charge < -0.3 is 4.74 Å². The molecule has 0 aromatic heterocycles. The Kier molecular flexibility index (Phi) is 12.2. The van der Waals surface area contributed by atoms with E-state index in [0.717, 1.165) is 25.4 Å². The maximum Gasteiger partial charge on any atom is 0.0473 e. The molecule has 0 N–H and O–H groups in total. The highest BCUT2D eigenvalue weighted by Gasteiger charge is 1.92. The molecule has 1 nitrogen and oxygen atoms in total. The predicted octanol–water partition coefficient (Wildman–Crippen LogP) is 4.37. The number of hydrogen-bond acceptors (Lipinski definition) is 2. The fourth-order valence-electron chi connectivity index (χ4n) is 1.17. The Balaban J connectivity index is 0.00000106. The first-order chi connectivity index (χ1) is 7.93. The largest absolute Gasteiger partial charge is 0.382 e. The van der Waals surface area contributed by atoms with Crippen LogP contribution >= 0.6 is 11.8 Å². The molecule has 1 rings (SSSR count). The number of rotatable bonds is 7. The zero-order valence-electron chi connectivity index (χ0n) is 10.7. The molecule has 2 heteroatoms. The molecule has 1 aromatic rings. The summed E-state index contributed by atoms with van der Waals surface area (Å²) in [6.07, 6.45) is 1.16. The molecule has 0 spiro atoms.